The van der Waals surface area contributed by atoms with E-state index in [1.54, 1.807) is 11.9 Å². The molecule has 0 radical (unpaired) electrons. The molecule has 0 amide bonds. The summed E-state index contributed by atoms with van der Waals surface area (Å²) in [7, 11) is 1.76. The number of benzene rings is 1. The van der Waals surface area contributed by atoms with Gasteiger partial charge in [0.05, 0.1) is 12.3 Å². The Kier molecular flexibility index (Phi) is 2.28. The van der Waals surface area contributed by atoms with E-state index in [1.807, 2.05) is 18.2 Å². The quantitative estimate of drug-likeness (QED) is 0.499. The zero-order valence-electron chi connectivity index (χ0n) is 8.16. The van der Waals surface area contributed by atoms with E-state index in [0.717, 1.165) is 30.9 Å². The first-order valence-corrected chi connectivity index (χ1v) is 4.70. The maximum absolute atomic E-state index is 8.74. The van der Waals surface area contributed by atoms with Crippen LogP contribution >= 0.6 is 0 Å². The average Bonchev–Trinajstić information content (AvgIpc) is 2.27. The summed E-state index contributed by atoms with van der Waals surface area (Å²) in [6.45, 7) is 0.806. The molecule has 0 bridgehead atoms. The summed E-state index contributed by atoms with van der Waals surface area (Å²) in [6, 6.07) is 5.88. The molecule has 1 aliphatic heterocycles. The van der Waals surface area contributed by atoms with Crippen LogP contribution in [0.25, 0.3) is 0 Å². The zero-order valence-corrected chi connectivity index (χ0v) is 8.16. The SMILES string of the molecule is CN(C#N)c1ccc2c(c1)CCCO2. The van der Waals surface area contributed by atoms with Gasteiger partial charge in [0.15, 0.2) is 6.19 Å². The van der Waals surface area contributed by atoms with Crippen LogP contribution in [0.2, 0.25) is 0 Å². The molecule has 1 aliphatic rings. The minimum atomic E-state index is 0.806. The maximum atomic E-state index is 8.74. The van der Waals surface area contributed by atoms with Crippen molar-refractivity contribution in [3.05, 3.63) is 23.8 Å². The van der Waals surface area contributed by atoms with Crippen LogP contribution < -0.4 is 9.64 Å². The number of rotatable bonds is 1. The average molecular weight is 188 g/mol. The van der Waals surface area contributed by atoms with Crippen molar-refractivity contribution in [3.63, 3.8) is 0 Å². The molecule has 0 fully saturated rings. The van der Waals surface area contributed by atoms with Gasteiger partial charge in [-0.15, -0.1) is 0 Å². The summed E-state index contributed by atoms with van der Waals surface area (Å²) in [4.78, 5) is 1.55. The lowest BCUT2D eigenvalue weighted by molar-refractivity contribution is 0.288. The van der Waals surface area contributed by atoms with Crippen LogP contribution in [0.3, 0.4) is 0 Å². The highest BCUT2D eigenvalue weighted by Crippen LogP contribution is 2.28. The second-order valence-corrected chi connectivity index (χ2v) is 3.40. The minimum Gasteiger partial charge on any atom is -0.493 e. The van der Waals surface area contributed by atoms with E-state index in [2.05, 4.69) is 6.19 Å². The van der Waals surface area contributed by atoms with E-state index in [1.165, 1.54) is 5.56 Å². The number of ether oxygens (including phenoxy) is 1. The van der Waals surface area contributed by atoms with E-state index in [-0.39, 0.29) is 0 Å². The fourth-order valence-electron chi connectivity index (χ4n) is 1.61. The molecule has 72 valence electrons. The molecule has 0 saturated carbocycles. The Morgan fingerprint density at radius 1 is 1.50 bits per heavy atom. The summed E-state index contributed by atoms with van der Waals surface area (Å²) in [6.07, 6.45) is 4.19. The Bertz CT molecular complexity index is 381. The van der Waals surface area contributed by atoms with E-state index >= 15 is 0 Å². The molecule has 1 aromatic carbocycles. The summed E-state index contributed by atoms with van der Waals surface area (Å²) in [5.74, 6) is 0.964. The van der Waals surface area contributed by atoms with Crippen molar-refractivity contribution in [1.82, 2.24) is 0 Å². The van der Waals surface area contributed by atoms with Gasteiger partial charge in [-0.3, -0.25) is 4.90 Å². The van der Waals surface area contributed by atoms with E-state index < -0.39 is 0 Å². The van der Waals surface area contributed by atoms with Crippen molar-refractivity contribution in [2.45, 2.75) is 12.8 Å². The van der Waals surface area contributed by atoms with E-state index in [9.17, 15) is 0 Å². The molecule has 1 aromatic rings. The highest BCUT2D eigenvalue weighted by Gasteiger charge is 2.11. The van der Waals surface area contributed by atoms with Crippen molar-refractivity contribution in [3.8, 4) is 11.9 Å². The molecular formula is C11H12N2O. The van der Waals surface area contributed by atoms with Crippen LogP contribution in [-0.4, -0.2) is 13.7 Å². The van der Waals surface area contributed by atoms with E-state index in [0.29, 0.717) is 0 Å². The van der Waals surface area contributed by atoms with Crippen molar-refractivity contribution in [2.24, 2.45) is 0 Å². The molecule has 3 heteroatoms. The van der Waals surface area contributed by atoms with Gasteiger partial charge in [0.1, 0.15) is 5.75 Å². The molecule has 0 N–H and O–H groups in total. The molecule has 0 spiro atoms. The normalized spacial score (nSPS) is 13.7. The Morgan fingerprint density at radius 3 is 3.14 bits per heavy atom. The Balaban J connectivity index is 2.34. The number of hydrogen-bond acceptors (Lipinski definition) is 3. The number of nitriles is 1. The first-order chi connectivity index (χ1) is 6.81. The third-order valence-corrected chi connectivity index (χ3v) is 2.43. The molecular weight excluding hydrogens is 176 g/mol. The monoisotopic (exact) mass is 188 g/mol. The summed E-state index contributed by atoms with van der Waals surface area (Å²) < 4.78 is 5.49. The fourth-order valence-corrected chi connectivity index (χ4v) is 1.61. The zero-order chi connectivity index (χ0) is 9.97. The van der Waals surface area contributed by atoms with Crippen LogP contribution in [0, 0.1) is 11.5 Å². The largest absolute Gasteiger partial charge is 0.493 e. The van der Waals surface area contributed by atoms with Crippen molar-refractivity contribution < 1.29 is 4.74 Å². The number of aryl methyl sites for hydroxylation is 1. The van der Waals surface area contributed by atoms with Gasteiger partial charge in [-0.1, -0.05) is 0 Å². The third-order valence-electron chi connectivity index (χ3n) is 2.43. The van der Waals surface area contributed by atoms with Gasteiger partial charge in [-0.2, -0.15) is 5.26 Å². The molecule has 0 atom stereocenters. The van der Waals surface area contributed by atoms with Crippen LogP contribution in [-0.2, 0) is 6.42 Å². The lowest BCUT2D eigenvalue weighted by Crippen LogP contribution is -2.11. The first kappa shape index (κ1) is 8.89. The van der Waals surface area contributed by atoms with Gasteiger partial charge in [-0.05, 0) is 36.6 Å². The van der Waals surface area contributed by atoms with Crippen LogP contribution in [0.1, 0.15) is 12.0 Å². The molecule has 0 aromatic heterocycles. The fraction of sp³-hybridized carbons (Fsp3) is 0.364. The highest BCUT2D eigenvalue weighted by molar-refractivity contribution is 5.55. The van der Waals surface area contributed by atoms with Crippen LogP contribution in [0.5, 0.6) is 5.75 Å². The van der Waals surface area contributed by atoms with Gasteiger partial charge >= 0.3 is 0 Å². The van der Waals surface area contributed by atoms with E-state index in [4.69, 9.17) is 10.00 Å². The minimum absolute atomic E-state index is 0.806. The van der Waals surface area contributed by atoms with Gasteiger partial charge in [0.2, 0.25) is 0 Å². The summed E-state index contributed by atoms with van der Waals surface area (Å²) in [5, 5.41) is 8.74. The number of anilines is 1. The number of hydrogen-bond donors (Lipinski definition) is 0. The van der Waals surface area contributed by atoms with Crippen molar-refractivity contribution in [1.29, 1.82) is 5.26 Å². The molecule has 3 nitrogen and oxygen atoms in total. The Labute approximate surface area is 83.5 Å². The predicted octanol–water partition coefficient (Wildman–Crippen LogP) is 1.93. The van der Waals surface area contributed by atoms with Crippen molar-refractivity contribution in [2.75, 3.05) is 18.6 Å². The van der Waals surface area contributed by atoms with Gasteiger partial charge in [0, 0.05) is 7.05 Å². The second kappa shape index (κ2) is 3.59. The highest BCUT2D eigenvalue weighted by atomic mass is 16.5. The maximum Gasteiger partial charge on any atom is 0.183 e. The van der Waals surface area contributed by atoms with Crippen LogP contribution in [0.4, 0.5) is 5.69 Å². The molecule has 0 unspecified atom stereocenters. The smallest absolute Gasteiger partial charge is 0.183 e. The molecule has 2 rings (SSSR count). The predicted molar refractivity (Wildman–Crippen MR) is 54.3 cm³/mol. The van der Waals surface area contributed by atoms with Crippen molar-refractivity contribution >= 4 is 5.69 Å². The standard InChI is InChI=1S/C11H12N2O/c1-13(8-12)10-4-5-11-9(7-10)3-2-6-14-11/h4-5,7H,2-3,6H2,1H3. The summed E-state index contributed by atoms with van der Waals surface area (Å²) in [5.41, 5.74) is 2.13. The third kappa shape index (κ3) is 1.51. The topological polar surface area (TPSA) is 36.3 Å². The second-order valence-electron chi connectivity index (χ2n) is 3.40. The molecule has 14 heavy (non-hydrogen) atoms. The molecule has 0 aliphatic carbocycles. The Hall–Kier alpha value is -1.69. The first-order valence-electron chi connectivity index (χ1n) is 4.70. The van der Waals surface area contributed by atoms with Gasteiger partial charge in [0.25, 0.3) is 0 Å². The summed E-state index contributed by atoms with van der Waals surface area (Å²) >= 11 is 0. The van der Waals surface area contributed by atoms with Gasteiger partial charge < -0.3 is 4.74 Å². The lowest BCUT2D eigenvalue weighted by Gasteiger charge is -2.19. The lowest BCUT2D eigenvalue weighted by atomic mass is 10.1. The molecule has 0 saturated heterocycles. The number of nitrogens with zero attached hydrogens (tertiary/aromatic N) is 2. The Morgan fingerprint density at radius 2 is 2.36 bits per heavy atom. The molecule has 1 heterocycles. The van der Waals surface area contributed by atoms with Crippen LogP contribution in [0.15, 0.2) is 18.2 Å². The number of fused-ring (bicyclic) bond motifs is 1. The van der Waals surface area contributed by atoms with Gasteiger partial charge in [-0.25, -0.2) is 0 Å².